The van der Waals surface area contributed by atoms with E-state index in [0.717, 1.165) is 12.3 Å². The van der Waals surface area contributed by atoms with E-state index in [9.17, 15) is 13.2 Å². The van der Waals surface area contributed by atoms with Gasteiger partial charge in [0, 0.05) is 0 Å². The molecule has 88 valence electrons. The zero-order valence-corrected chi connectivity index (χ0v) is 9.76. The number of carbonyl (C=O) groups excluding carboxylic acids is 1. The summed E-state index contributed by atoms with van der Waals surface area (Å²) < 4.78 is 33.3. The highest BCUT2D eigenvalue weighted by Gasteiger charge is 2.08. The highest BCUT2D eigenvalue weighted by atomic mass is 32.2. The Balaban J connectivity index is 4.58. The fourth-order valence-electron chi connectivity index (χ4n) is 0.730. The summed E-state index contributed by atoms with van der Waals surface area (Å²) in [5.41, 5.74) is 0. The van der Waals surface area contributed by atoms with Crippen molar-refractivity contribution in [3.63, 3.8) is 0 Å². The number of hydrogen-bond donors (Lipinski definition) is 1. The molecule has 7 heteroatoms. The molecule has 0 rings (SSSR count). The minimum Gasteiger partial charge on any atom is -0.479 e. The number of carbonyl (C=O) groups is 1. The lowest BCUT2D eigenvalue weighted by Gasteiger charge is -2.08. The summed E-state index contributed by atoms with van der Waals surface area (Å²) >= 11 is 0. The maximum absolute atomic E-state index is 11.0. The van der Waals surface area contributed by atoms with Gasteiger partial charge in [0.15, 0.2) is 0 Å². The van der Waals surface area contributed by atoms with Crippen LogP contribution in [0, 0.1) is 0 Å². The Kier molecular flexibility index (Phi) is 5.76. The molecular formula is C8H15NO5S. The predicted octanol–water partition coefficient (Wildman–Crippen LogP) is -0.0234. The molecular weight excluding hydrogens is 222 g/mol. The van der Waals surface area contributed by atoms with Gasteiger partial charge in [-0.3, -0.25) is 4.72 Å². The average molecular weight is 237 g/mol. The van der Waals surface area contributed by atoms with Gasteiger partial charge in [-0.1, -0.05) is 0 Å². The molecule has 0 aromatic carbocycles. The van der Waals surface area contributed by atoms with Gasteiger partial charge in [0.25, 0.3) is 0 Å². The first-order valence-electron chi connectivity index (χ1n) is 4.38. The number of ether oxygens (including phenoxy) is 2. The number of esters is 1. The third-order valence-corrected chi connectivity index (χ3v) is 1.69. The molecule has 0 radical (unpaired) electrons. The molecule has 0 saturated heterocycles. The summed E-state index contributed by atoms with van der Waals surface area (Å²) in [5, 5.41) is 0. The number of sulfonamides is 1. The van der Waals surface area contributed by atoms with E-state index < -0.39 is 16.0 Å². The van der Waals surface area contributed by atoms with Crippen LogP contribution in [0.15, 0.2) is 12.0 Å². The Morgan fingerprint density at radius 1 is 1.27 bits per heavy atom. The minimum atomic E-state index is -3.46. The van der Waals surface area contributed by atoms with E-state index in [2.05, 4.69) is 9.46 Å². The molecule has 0 saturated carbocycles. The quantitative estimate of drug-likeness (QED) is 0.399. The van der Waals surface area contributed by atoms with Crippen molar-refractivity contribution < 1.29 is 22.7 Å². The summed E-state index contributed by atoms with van der Waals surface area (Å²) in [6.45, 7) is 3.78. The third-order valence-electron chi connectivity index (χ3n) is 1.12. The van der Waals surface area contributed by atoms with Gasteiger partial charge in [0.2, 0.25) is 15.9 Å². The lowest BCUT2D eigenvalue weighted by Crippen LogP contribution is -2.24. The minimum absolute atomic E-state index is 0.140. The van der Waals surface area contributed by atoms with Crippen LogP contribution in [-0.4, -0.2) is 33.9 Å². The molecule has 0 amide bonds. The highest BCUT2D eigenvalue weighted by Crippen LogP contribution is 1.96. The Hall–Kier alpha value is -1.24. The van der Waals surface area contributed by atoms with Crippen molar-refractivity contribution in [2.45, 2.75) is 13.8 Å². The summed E-state index contributed by atoms with van der Waals surface area (Å²) in [6.07, 6.45) is 1.92. The monoisotopic (exact) mass is 237 g/mol. The van der Waals surface area contributed by atoms with Crippen LogP contribution in [0.3, 0.4) is 0 Å². The second-order valence-corrected chi connectivity index (χ2v) is 4.32. The van der Waals surface area contributed by atoms with Crippen molar-refractivity contribution in [2.24, 2.45) is 0 Å². The van der Waals surface area contributed by atoms with E-state index in [1.54, 1.807) is 13.8 Å². The second-order valence-electron chi connectivity index (χ2n) is 2.57. The summed E-state index contributed by atoms with van der Waals surface area (Å²) in [4.78, 5) is 11.0. The first-order chi connectivity index (χ1) is 6.89. The number of nitrogens with one attached hydrogen (secondary N) is 1. The van der Waals surface area contributed by atoms with Crippen molar-refractivity contribution in [1.29, 1.82) is 0 Å². The van der Waals surface area contributed by atoms with E-state index in [4.69, 9.17) is 4.74 Å². The predicted molar refractivity (Wildman–Crippen MR) is 54.3 cm³/mol. The van der Waals surface area contributed by atoms with E-state index in [0.29, 0.717) is 0 Å². The standard InChI is InChI=1S/C8H15NO5S/c1-4-13-7(9-15(3,11)12)6-8(10)14-5-2/h6,9H,4-5H2,1-3H3. The molecule has 0 aliphatic rings. The third kappa shape index (κ3) is 7.80. The Bertz CT molecular complexity index is 333. The maximum Gasteiger partial charge on any atom is 0.336 e. The summed E-state index contributed by atoms with van der Waals surface area (Å²) in [5.74, 6) is -0.796. The van der Waals surface area contributed by atoms with Gasteiger partial charge < -0.3 is 9.47 Å². The largest absolute Gasteiger partial charge is 0.479 e. The lowest BCUT2D eigenvalue weighted by atomic mass is 10.6. The lowest BCUT2D eigenvalue weighted by molar-refractivity contribution is -0.137. The van der Waals surface area contributed by atoms with Crippen molar-refractivity contribution in [2.75, 3.05) is 19.5 Å². The fraction of sp³-hybridized carbons (Fsp3) is 0.625. The van der Waals surface area contributed by atoms with Crippen molar-refractivity contribution >= 4 is 16.0 Å². The Labute approximate surface area is 89.3 Å². The number of hydrogen-bond acceptors (Lipinski definition) is 5. The molecule has 0 heterocycles. The molecule has 0 spiro atoms. The van der Waals surface area contributed by atoms with Gasteiger partial charge in [0.1, 0.15) is 0 Å². The smallest absolute Gasteiger partial charge is 0.336 e. The molecule has 0 fully saturated rings. The van der Waals surface area contributed by atoms with Crippen molar-refractivity contribution in [3.8, 4) is 0 Å². The molecule has 0 unspecified atom stereocenters. The Morgan fingerprint density at radius 3 is 2.20 bits per heavy atom. The molecule has 0 aliphatic carbocycles. The van der Waals surface area contributed by atoms with E-state index in [-0.39, 0.29) is 19.1 Å². The molecule has 6 nitrogen and oxygen atoms in total. The first kappa shape index (κ1) is 13.8. The van der Waals surface area contributed by atoms with Gasteiger partial charge in [-0.15, -0.1) is 0 Å². The van der Waals surface area contributed by atoms with Gasteiger partial charge in [0.05, 0.1) is 25.5 Å². The average Bonchev–Trinajstić information content (AvgIpc) is 2.01. The van der Waals surface area contributed by atoms with Crippen LogP contribution < -0.4 is 4.72 Å². The van der Waals surface area contributed by atoms with Crippen LogP contribution >= 0.6 is 0 Å². The maximum atomic E-state index is 11.0. The van der Waals surface area contributed by atoms with Crippen LogP contribution in [-0.2, 0) is 24.3 Å². The van der Waals surface area contributed by atoms with E-state index >= 15 is 0 Å². The summed E-state index contributed by atoms with van der Waals surface area (Å²) in [7, 11) is -3.46. The van der Waals surface area contributed by atoms with Crippen LogP contribution in [0.4, 0.5) is 0 Å². The van der Waals surface area contributed by atoms with Crippen molar-refractivity contribution in [3.05, 3.63) is 12.0 Å². The molecule has 0 aromatic heterocycles. The molecule has 15 heavy (non-hydrogen) atoms. The van der Waals surface area contributed by atoms with Gasteiger partial charge in [-0.25, -0.2) is 13.2 Å². The first-order valence-corrected chi connectivity index (χ1v) is 6.27. The molecule has 0 bridgehead atoms. The van der Waals surface area contributed by atoms with Gasteiger partial charge >= 0.3 is 5.97 Å². The zero-order valence-electron chi connectivity index (χ0n) is 8.94. The van der Waals surface area contributed by atoms with Crippen LogP contribution in [0.1, 0.15) is 13.8 Å². The summed E-state index contributed by atoms with van der Waals surface area (Å²) in [6, 6.07) is 0. The van der Waals surface area contributed by atoms with E-state index in [1.165, 1.54) is 0 Å². The highest BCUT2D eigenvalue weighted by molar-refractivity contribution is 7.88. The fourth-order valence-corrected chi connectivity index (χ4v) is 1.21. The molecule has 1 N–H and O–H groups in total. The van der Waals surface area contributed by atoms with Crippen LogP contribution in [0.2, 0.25) is 0 Å². The number of rotatable bonds is 6. The van der Waals surface area contributed by atoms with Gasteiger partial charge in [-0.2, -0.15) is 0 Å². The zero-order chi connectivity index (χ0) is 11.9. The second kappa shape index (κ2) is 6.28. The normalized spacial score (nSPS) is 12.1. The topological polar surface area (TPSA) is 81.7 Å². The van der Waals surface area contributed by atoms with Crippen LogP contribution in [0.25, 0.3) is 0 Å². The van der Waals surface area contributed by atoms with Crippen LogP contribution in [0.5, 0.6) is 0 Å². The molecule has 0 atom stereocenters. The van der Waals surface area contributed by atoms with Crippen molar-refractivity contribution in [1.82, 2.24) is 4.72 Å². The van der Waals surface area contributed by atoms with Gasteiger partial charge in [-0.05, 0) is 13.8 Å². The molecule has 0 aromatic rings. The SMILES string of the molecule is CCOC(=O)C=C(NS(C)(=O)=O)OCC. The Morgan fingerprint density at radius 2 is 1.80 bits per heavy atom. The van der Waals surface area contributed by atoms with E-state index in [1.807, 2.05) is 0 Å². The molecule has 0 aliphatic heterocycles.